The van der Waals surface area contributed by atoms with Gasteiger partial charge in [-0.25, -0.2) is 4.39 Å². The lowest BCUT2D eigenvalue weighted by atomic mass is 10.2. The van der Waals surface area contributed by atoms with Crippen molar-refractivity contribution in [3.8, 4) is 0 Å². The van der Waals surface area contributed by atoms with Crippen LogP contribution in [0, 0.1) is 5.82 Å². The fraction of sp³-hybridized carbons (Fsp3) is 0.308. The van der Waals surface area contributed by atoms with Crippen LogP contribution in [0.2, 0.25) is 0 Å². The first-order valence-electron chi connectivity index (χ1n) is 5.98. The van der Waals surface area contributed by atoms with Crippen molar-refractivity contribution in [1.29, 1.82) is 0 Å². The topological polar surface area (TPSA) is 46.1 Å². The lowest BCUT2D eigenvalue weighted by molar-refractivity contribution is -0.129. The lowest BCUT2D eigenvalue weighted by Crippen LogP contribution is -2.32. The molecule has 1 aromatic heterocycles. The van der Waals surface area contributed by atoms with Gasteiger partial charge in [-0.1, -0.05) is 35.2 Å². The molecular weight excluding hydrogens is 297 g/mol. The van der Waals surface area contributed by atoms with E-state index in [1.807, 2.05) is 6.92 Å². The van der Waals surface area contributed by atoms with Crippen LogP contribution in [0.25, 0.3) is 0 Å². The summed E-state index contributed by atoms with van der Waals surface area (Å²) in [7, 11) is 1.71. The summed E-state index contributed by atoms with van der Waals surface area (Å²) in [6.45, 7) is 2.22. The van der Waals surface area contributed by atoms with Crippen molar-refractivity contribution in [3.63, 3.8) is 0 Å². The van der Waals surface area contributed by atoms with Crippen molar-refractivity contribution < 1.29 is 9.18 Å². The highest BCUT2D eigenvalue weighted by atomic mass is 32.2. The minimum absolute atomic E-state index is 0.0190. The number of hydrogen-bond acceptors (Lipinski definition) is 5. The summed E-state index contributed by atoms with van der Waals surface area (Å²) >= 11 is 2.79. The molecule has 0 fully saturated rings. The van der Waals surface area contributed by atoms with Gasteiger partial charge >= 0.3 is 0 Å². The Morgan fingerprint density at radius 2 is 2.35 bits per heavy atom. The van der Waals surface area contributed by atoms with Crippen LogP contribution in [0.15, 0.2) is 34.1 Å². The quantitative estimate of drug-likeness (QED) is 0.797. The highest BCUT2D eigenvalue weighted by Gasteiger charge is 2.20. The third-order valence-electron chi connectivity index (χ3n) is 2.65. The molecule has 1 unspecified atom stereocenters. The molecule has 20 heavy (non-hydrogen) atoms. The number of amides is 1. The minimum atomic E-state index is -0.292. The molecule has 0 spiro atoms. The number of carbonyl (C=O) groups excluding carboxylic acids is 1. The monoisotopic (exact) mass is 311 g/mol. The maximum atomic E-state index is 13.1. The van der Waals surface area contributed by atoms with Gasteiger partial charge in [0.05, 0.1) is 5.25 Å². The molecule has 0 radical (unpaired) electrons. The highest BCUT2D eigenvalue weighted by molar-refractivity contribution is 8.02. The molecule has 1 aromatic carbocycles. The Labute approximate surface area is 125 Å². The van der Waals surface area contributed by atoms with Crippen LogP contribution >= 0.6 is 23.1 Å². The molecule has 0 saturated carbocycles. The van der Waals surface area contributed by atoms with E-state index in [9.17, 15) is 9.18 Å². The molecule has 1 atom stereocenters. The average Bonchev–Trinajstić information content (AvgIpc) is 2.90. The summed E-state index contributed by atoms with van der Waals surface area (Å²) in [5.74, 6) is -0.311. The van der Waals surface area contributed by atoms with Crippen LogP contribution in [0.4, 0.5) is 4.39 Å². The molecule has 0 aliphatic carbocycles. The summed E-state index contributed by atoms with van der Waals surface area (Å²) in [6.07, 6.45) is 0. The Morgan fingerprint density at radius 1 is 1.55 bits per heavy atom. The van der Waals surface area contributed by atoms with E-state index in [1.54, 1.807) is 29.6 Å². The molecule has 1 heterocycles. The zero-order chi connectivity index (χ0) is 14.5. The summed E-state index contributed by atoms with van der Waals surface area (Å²) in [6, 6.07) is 6.27. The summed E-state index contributed by atoms with van der Waals surface area (Å²) < 4.78 is 13.9. The van der Waals surface area contributed by atoms with Crippen molar-refractivity contribution in [3.05, 3.63) is 41.2 Å². The zero-order valence-electron chi connectivity index (χ0n) is 11.1. The van der Waals surface area contributed by atoms with Crippen molar-refractivity contribution in [2.45, 2.75) is 23.1 Å². The van der Waals surface area contributed by atoms with Gasteiger partial charge in [0, 0.05) is 13.6 Å². The van der Waals surface area contributed by atoms with E-state index in [-0.39, 0.29) is 17.0 Å². The van der Waals surface area contributed by atoms with Gasteiger partial charge in [0.15, 0.2) is 4.34 Å². The van der Waals surface area contributed by atoms with Crippen molar-refractivity contribution in [1.82, 2.24) is 15.1 Å². The first-order chi connectivity index (χ1) is 9.56. The summed E-state index contributed by atoms with van der Waals surface area (Å²) in [4.78, 5) is 13.8. The van der Waals surface area contributed by atoms with E-state index in [0.717, 1.165) is 9.90 Å². The maximum absolute atomic E-state index is 13.1. The van der Waals surface area contributed by atoms with E-state index >= 15 is 0 Å². The zero-order valence-corrected chi connectivity index (χ0v) is 12.7. The standard InChI is InChI=1S/C13H14FN3OS2/c1-9(20-13-16-15-8-19-13)12(18)17(2)7-10-4-3-5-11(14)6-10/h3-6,8-9H,7H2,1-2H3. The van der Waals surface area contributed by atoms with Crippen LogP contribution < -0.4 is 0 Å². The second-order valence-electron chi connectivity index (χ2n) is 4.29. The first kappa shape index (κ1) is 14.9. The van der Waals surface area contributed by atoms with Crippen molar-refractivity contribution in [2.75, 3.05) is 7.05 Å². The predicted molar refractivity (Wildman–Crippen MR) is 78.1 cm³/mol. The maximum Gasteiger partial charge on any atom is 0.235 e. The molecule has 7 heteroatoms. The third-order valence-corrected chi connectivity index (χ3v) is 4.55. The number of hydrogen-bond donors (Lipinski definition) is 0. The van der Waals surface area contributed by atoms with Crippen molar-refractivity contribution in [2.24, 2.45) is 0 Å². The number of carbonyl (C=O) groups is 1. The van der Waals surface area contributed by atoms with E-state index in [4.69, 9.17) is 0 Å². The lowest BCUT2D eigenvalue weighted by Gasteiger charge is -2.20. The van der Waals surface area contributed by atoms with Crippen LogP contribution in [0.5, 0.6) is 0 Å². The Balaban J connectivity index is 1.94. The molecule has 4 nitrogen and oxygen atoms in total. The molecule has 0 aliphatic rings. The largest absolute Gasteiger partial charge is 0.340 e. The molecule has 1 amide bonds. The van der Waals surface area contributed by atoms with Gasteiger partial charge < -0.3 is 4.90 Å². The van der Waals surface area contributed by atoms with Gasteiger partial charge in [0.1, 0.15) is 11.3 Å². The normalized spacial score (nSPS) is 12.2. The fourth-order valence-corrected chi connectivity index (χ4v) is 3.45. The number of nitrogens with zero attached hydrogens (tertiary/aromatic N) is 3. The van der Waals surface area contributed by atoms with Crippen LogP contribution in [-0.2, 0) is 11.3 Å². The molecule has 2 aromatic rings. The Bertz CT molecular complexity index is 577. The molecule has 0 aliphatic heterocycles. The average molecular weight is 311 g/mol. The van der Waals surface area contributed by atoms with Gasteiger partial charge in [0.2, 0.25) is 5.91 Å². The molecule has 0 saturated heterocycles. The molecule has 2 rings (SSSR count). The highest BCUT2D eigenvalue weighted by Crippen LogP contribution is 2.25. The summed E-state index contributed by atoms with van der Waals surface area (Å²) in [5, 5.41) is 7.39. The van der Waals surface area contributed by atoms with Gasteiger partial charge in [-0.2, -0.15) is 0 Å². The Kier molecular flexibility index (Phi) is 5.08. The van der Waals surface area contributed by atoms with E-state index < -0.39 is 0 Å². The van der Waals surface area contributed by atoms with E-state index in [2.05, 4.69) is 10.2 Å². The van der Waals surface area contributed by atoms with Crippen LogP contribution in [0.3, 0.4) is 0 Å². The Morgan fingerprint density at radius 3 is 3.00 bits per heavy atom. The number of halogens is 1. The number of rotatable bonds is 5. The smallest absolute Gasteiger partial charge is 0.235 e. The number of benzene rings is 1. The van der Waals surface area contributed by atoms with Crippen LogP contribution in [-0.4, -0.2) is 33.3 Å². The van der Waals surface area contributed by atoms with Crippen LogP contribution in [0.1, 0.15) is 12.5 Å². The fourth-order valence-electron chi connectivity index (χ4n) is 1.71. The minimum Gasteiger partial charge on any atom is -0.340 e. The Hall–Kier alpha value is -1.47. The van der Waals surface area contributed by atoms with Gasteiger partial charge in [-0.15, -0.1) is 10.2 Å². The van der Waals surface area contributed by atoms with Crippen molar-refractivity contribution >= 4 is 29.0 Å². The third kappa shape index (κ3) is 4.01. The van der Waals surface area contributed by atoms with Gasteiger partial charge in [-0.3, -0.25) is 4.79 Å². The molecule has 106 valence electrons. The first-order valence-corrected chi connectivity index (χ1v) is 7.74. The van der Waals surface area contributed by atoms with Gasteiger partial charge in [-0.05, 0) is 24.6 Å². The van der Waals surface area contributed by atoms with E-state index in [0.29, 0.717) is 6.54 Å². The second-order valence-corrected chi connectivity index (χ2v) is 6.71. The number of thioether (sulfide) groups is 1. The predicted octanol–water partition coefficient (Wildman–Crippen LogP) is 2.82. The summed E-state index contributed by atoms with van der Waals surface area (Å²) in [5.41, 5.74) is 2.41. The second kappa shape index (κ2) is 6.81. The molecule has 0 bridgehead atoms. The molecule has 0 N–H and O–H groups in total. The molecular formula is C13H14FN3OS2. The van der Waals surface area contributed by atoms with Gasteiger partial charge in [0.25, 0.3) is 0 Å². The number of aromatic nitrogens is 2. The SMILES string of the molecule is CC(Sc1nncs1)C(=O)N(C)Cc1cccc(F)c1. The van der Waals surface area contributed by atoms with E-state index in [1.165, 1.54) is 35.2 Å².